The molecular weight excluding hydrogens is 200 g/mol. The fraction of sp³-hybridized carbons (Fsp3) is 0.400. The summed E-state index contributed by atoms with van der Waals surface area (Å²) >= 11 is 0. The monoisotopic (exact) mass is 208 g/mol. The van der Waals surface area contributed by atoms with Gasteiger partial charge in [-0.25, -0.2) is 0 Å². The van der Waals surface area contributed by atoms with Crippen molar-refractivity contribution in [2.24, 2.45) is 0 Å². The molecule has 0 heterocycles. The van der Waals surface area contributed by atoms with Crippen LogP contribution in [0.1, 0.15) is 6.92 Å². The predicted octanol–water partition coefficient (Wildman–Crippen LogP) is -1.91. The fourth-order valence-corrected chi connectivity index (χ4v) is 1.51. The molecule has 0 spiro atoms. The molecule has 12 heavy (non-hydrogen) atoms. The summed E-state index contributed by atoms with van der Waals surface area (Å²) in [6, 6.07) is 0. The predicted molar refractivity (Wildman–Crippen MR) is 44.8 cm³/mol. The minimum atomic E-state index is -4.46. The summed E-state index contributed by atoms with van der Waals surface area (Å²) in [7, 11) is -4.40. The van der Waals surface area contributed by atoms with Gasteiger partial charge in [-0.1, -0.05) is 5.92 Å². The summed E-state index contributed by atoms with van der Waals surface area (Å²) in [6.07, 6.45) is 0. The second kappa shape index (κ2) is 4.25. The lowest BCUT2D eigenvalue weighted by atomic mass is 10.4. The van der Waals surface area contributed by atoms with Crippen molar-refractivity contribution >= 4 is 26.6 Å². The van der Waals surface area contributed by atoms with Gasteiger partial charge in [-0.3, -0.25) is 9.35 Å². The molecular formula is C5H8O5SSi. The fourth-order valence-electron chi connectivity index (χ4n) is 0.493. The van der Waals surface area contributed by atoms with Gasteiger partial charge in [0.05, 0.1) is 0 Å². The molecule has 0 amide bonds. The smallest absolute Gasteiger partial charge is 0.325 e. The van der Waals surface area contributed by atoms with Crippen LogP contribution in [0.2, 0.25) is 0 Å². The first-order valence-electron chi connectivity index (χ1n) is 2.90. The molecule has 0 radical (unpaired) electrons. The van der Waals surface area contributed by atoms with Crippen molar-refractivity contribution in [3.8, 4) is 11.8 Å². The SMILES string of the molecule is CC#CC(C(=O)O[SiH3])S(=O)(=O)O. The highest BCUT2D eigenvalue weighted by Gasteiger charge is 2.29. The molecule has 0 saturated heterocycles. The molecule has 1 unspecified atom stereocenters. The van der Waals surface area contributed by atoms with Crippen LogP contribution in [0.15, 0.2) is 0 Å². The Bertz CT molecular complexity index is 321. The molecule has 0 aromatic carbocycles. The normalized spacial score (nSPS) is 12.8. The van der Waals surface area contributed by atoms with Crippen molar-refractivity contribution in [3.63, 3.8) is 0 Å². The maximum absolute atomic E-state index is 10.7. The Morgan fingerprint density at radius 1 is 1.67 bits per heavy atom. The molecule has 68 valence electrons. The highest BCUT2D eigenvalue weighted by Crippen LogP contribution is 1.99. The molecule has 1 atom stereocenters. The van der Waals surface area contributed by atoms with E-state index in [1.165, 1.54) is 6.92 Å². The van der Waals surface area contributed by atoms with Gasteiger partial charge in [0, 0.05) is 0 Å². The van der Waals surface area contributed by atoms with Crippen LogP contribution in [0, 0.1) is 11.8 Å². The summed E-state index contributed by atoms with van der Waals surface area (Å²) in [5, 5.41) is -1.76. The molecule has 0 fully saturated rings. The third-order valence-electron chi connectivity index (χ3n) is 0.989. The minimum Gasteiger partial charge on any atom is -0.527 e. The lowest BCUT2D eigenvalue weighted by molar-refractivity contribution is -0.132. The van der Waals surface area contributed by atoms with Gasteiger partial charge in [0.1, 0.15) is 0 Å². The van der Waals surface area contributed by atoms with Crippen molar-refractivity contribution in [2.45, 2.75) is 12.2 Å². The topological polar surface area (TPSA) is 80.7 Å². The Morgan fingerprint density at radius 3 is 2.42 bits per heavy atom. The van der Waals surface area contributed by atoms with E-state index in [-0.39, 0.29) is 10.5 Å². The van der Waals surface area contributed by atoms with E-state index in [4.69, 9.17) is 4.55 Å². The number of rotatable bonds is 2. The molecule has 0 aliphatic rings. The van der Waals surface area contributed by atoms with Crippen LogP contribution in [-0.2, 0) is 19.3 Å². The van der Waals surface area contributed by atoms with E-state index in [1.54, 1.807) is 0 Å². The van der Waals surface area contributed by atoms with Gasteiger partial charge >= 0.3 is 5.97 Å². The molecule has 0 bridgehead atoms. The molecule has 1 N–H and O–H groups in total. The summed E-state index contributed by atoms with van der Waals surface area (Å²) < 4.78 is 33.7. The third-order valence-corrected chi connectivity index (χ3v) is 2.30. The Balaban J connectivity index is 4.90. The minimum absolute atomic E-state index is 0.0686. The van der Waals surface area contributed by atoms with Crippen LogP contribution >= 0.6 is 0 Å². The highest BCUT2D eigenvalue weighted by atomic mass is 32.2. The van der Waals surface area contributed by atoms with E-state index >= 15 is 0 Å². The highest BCUT2D eigenvalue weighted by molar-refractivity contribution is 7.87. The van der Waals surface area contributed by atoms with E-state index in [0.29, 0.717) is 0 Å². The van der Waals surface area contributed by atoms with Crippen LogP contribution < -0.4 is 0 Å². The largest absolute Gasteiger partial charge is 0.527 e. The zero-order valence-corrected chi connectivity index (χ0v) is 9.38. The van der Waals surface area contributed by atoms with Crippen molar-refractivity contribution in [2.75, 3.05) is 0 Å². The molecule has 0 aliphatic heterocycles. The van der Waals surface area contributed by atoms with Crippen LogP contribution in [0.4, 0.5) is 0 Å². The van der Waals surface area contributed by atoms with Gasteiger partial charge in [-0.05, 0) is 6.92 Å². The van der Waals surface area contributed by atoms with E-state index in [9.17, 15) is 13.2 Å². The van der Waals surface area contributed by atoms with E-state index in [2.05, 4.69) is 10.3 Å². The molecule has 0 aromatic heterocycles. The van der Waals surface area contributed by atoms with Gasteiger partial charge in [0.15, 0.2) is 0 Å². The van der Waals surface area contributed by atoms with Gasteiger partial charge < -0.3 is 4.43 Å². The number of hydrogen-bond acceptors (Lipinski definition) is 4. The first kappa shape index (κ1) is 11.2. The Labute approximate surface area is 73.4 Å². The Kier molecular flexibility index (Phi) is 3.95. The molecule has 0 aromatic rings. The quantitative estimate of drug-likeness (QED) is 0.325. The summed E-state index contributed by atoms with van der Waals surface area (Å²) in [6.45, 7) is 1.36. The van der Waals surface area contributed by atoms with Crippen molar-refractivity contribution in [1.82, 2.24) is 0 Å². The summed E-state index contributed by atoms with van der Waals surface area (Å²) in [4.78, 5) is 10.7. The number of carbonyl (C=O) groups is 1. The third kappa shape index (κ3) is 3.04. The molecule has 0 aliphatic carbocycles. The standard InChI is InChI=1S/C5H8O5SSi/c1-2-3-4(5(6)10-12)11(7,8)9/h4H,1,12H3,(H,7,8,9). The zero-order chi connectivity index (χ0) is 9.78. The van der Waals surface area contributed by atoms with E-state index in [1.807, 2.05) is 5.92 Å². The van der Waals surface area contributed by atoms with Crippen LogP contribution in [0.3, 0.4) is 0 Å². The van der Waals surface area contributed by atoms with Gasteiger partial charge in [-0.15, -0.1) is 5.92 Å². The maximum Gasteiger partial charge on any atom is 0.325 e. The molecule has 5 nitrogen and oxygen atoms in total. The first-order chi connectivity index (χ1) is 5.43. The second-order valence-corrected chi connectivity index (χ2v) is 3.72. The molecule has 7 heteroatoms. The summed E-state index contributed by atoms with van der Waals surface area (Å²) in [5.74, 6) is 3.22. The van der Waals surface area contributed by atoms with Crippen LogP contribution in [-0.4, -0.2) is 34.7 Å². The van der Waals surface area contributed by atoms with E-state index < -0.39 is 21.3 Å². The lowest BCUT2D eigenvalue weighted by Crippen LogP contribution is -2.29. The number of carbonyl (C=O) groups excluding carboxylic acids is 1. The molecule has 0 saturated carbocycles. The lowest BCUT2D eigenvalue weighted by Gasteiger charge is -2.03. The van der Waals surface area contributed by atoms with E-state index in [0.717, 1.165) is 0 Å². The van der Waals surface area contributed by atoms with Gasteiger partial charge in [0.25, 0.3) is 10.1 Å². The Hall–Kier alpha value is -0.843. The first-order valence-corrected chi connectivity index (χ1v) is 5.22. The maximum atomic E-state index is 10.7. The summed E-state index contributed by atoms with van der Waals surface area (Å²) in [5.41, 5.74) is 0. The number of hydrogen-bond donors (Lipinski definition) is 1. The van der Waals surface area contributed by atoms with Gasteiger partial charge in [-0.2, -0.15) is 8.42 Å². The average molecular weight is 208 g/mol. The van der Waals surface area contributed by atoms with Crippen molar-refractivity contribution in [3.05, 3.63) is 0 Å². The molecule has 0 rings (SSSR count). The van der Waals surface area contributed by atoms with Crippen molar-refractivity contribution in [1.29, 1.82) is 0 Å². The zero-order valence-electron chi connectivity index (χ0n) is 6.57. The Morgan fingerprint density at radius 2 is 2.17 bits per heavy atom. The second-order valence-electron chi connectivity index (χ2n) is 1.81. The van der Waals surface area contributed by atoms with Crippen LogP contribution in [0.25, 0.3) is 0 Å². The van der Waals surface area contributed by atoms with Gasteiger partial charge in [0.2, 0.25) is 15.7 Å². The van der Waals surface area contributed by atoms with Crippen LogP contribution in [0.5, 0.6) is 0 Å². The van der Waals surface area contributed by atoms with Crippen molar-refractivity contribution < 1.29 is 22.2 Å². The average Bonchev–Trinajstić information content (AvgIpc) is 1.96.